The van der Waals surface area contributed by atoms with E-state index in [2.05, 4.69) is 12.2 Å². The molecule has 0 bridgehead atoms. The van der Waals surface area contributed by atoms with Crippen LogP contribution in [0.2, 0.25) is 0 Å². The van der Waals surface area contributed by atoms with Crippen LogP contribution in [0.15, 0.2) is 0 Å². The molecule has 0 aromatic carbocycles. The molecule has 0 saturated carbocycles. The summed E-state index contributed by atoms with van der Waals surface area (Å²) >= 11 is 0. The largest absolute Gasteiger partial charge is 0.319 e. The lowest BCUT2D eigenvalue weighted by Gasteiger charge is -2.40. The Morgan fingerprint density at radius 1 is 1.20 bits per heavy atom. The second-order valence-electron chi connectivity index (χ2n) is 6.52. The van der Waals surface area contributed by atoms with Gasteiger partial charge in [0.15, 0.2) is 0 Å². The summed E-state index contributed by atoms with van der Waals surface area (Å²) in [4.78, 5) is 0. The summed E-state index contributed by atoms with van der Waals surface area (Å²) in [6.45, 7) is 7.19. The third-order valence-corrected chi connectivity index (χ3v) is 6.79. The van der Waals surface area contributed by atoms with E-state index in [1.54, 1.807) is 8.61 Å². The number of nitrogens with zero attached hydrogens (tertiary/aromatic N) is 2. The predicted octanol–water partition coefficient (Wildman–Crippen LogP) is 1.28. The average molecular weight is 303 g/mol. The highest BCUT2D eigenvalue weighted by Gasteiger charge is 2.38. The van der Waals surface area contributed by atoms with Crippen LogP contribution in [0.1, 0.15) is 39.5 Å². The SMILES string of the molecule is CNCC1CCCN(S(=O)(=O)N2CCC(C)CC2C)C1. The Morgan fingerprint density at radius 2 is 1.95 bits per heavy atom. The van der Waals surface area contributed by atoms with Crippen LogP contribution >= 0.6 is 0 Å². The van der Waals surface area contributed by atoms with E-state index < -0.39 is 10.2 Å². The minimum Gasteiger partial charge on any atom is -0.319 e. The molecule has 2 aliphatic rings. The van der Waals surface area contributed by atoms with Crippen LogP contribution < -0.4 is 5.32 Å². The van der Waals surface area contributed by atoms with Gasteiger partial charge in [-0.3, -0.25) is 0 Å². The third-order valence-electron chi connectivity index (χ3n) is 4.67. The zero-order valence-electron chi connectivity index (χ0n) is 13.0. The van der Waals surface area contributed by atoms with Gasteiger partial charge in [0.2, 0.25) is 0 Å². The second kappa shape index (κ2) is 6.73. The van der Waals surface area contributed by atoms with Crippen LogP contribution in [0, 0.1) is 11.8 Å². The van der Waals surface area contributed by atoms with Gasteiger partial charge >= 0.3 is 0 Å². The van der Waals surface area contributed by atoms with Crippen molar-refractivity contribution in [2.75, 3.05) is 33.2 Å². The number of piperidine rings is 2. The van der Waals surface area contributed by atoms with Gasteiger partial charge in [0, 0.05) is 25.7 Å². The molecule has 0 aliphatic carbocycles. The molecule has 0 aromatic rings. The first-order chi connectivity index (χ1) is 9.45. The maximum absolute atomic E-state index is 12.8. The molecule has 2 fully saturated rings. The molecule has 0 aromatic heterocycles. The molecular formula is C14H29N3O2S. The van der Waals surface area contributed by atoms with E-state index in [1.807, 2.05) is 14.0 Å². The lowest BCUT2D eigenvalue weighted by Crippen LogP contribution is -2.53. The zero-order valence-corrected chi connectivity index (χ0v) is 13.8. The van der Waals surface area contributed by atoms with Crippen LogP contribution in [-0.4, -0.2) is 56.3 Å². The van der Waals surface area contributed by atoms with Crippen LogP contribution in [0.5, 0.6) is 0 Å². The molecule has 0 spiro atoms. The van der Waals surface area contributed by atoms with E-state index in [9.17, 15) is 8.42 Å². The van der Waals surface area contributed by atoms with Crippen LogP contribution in [0.25, 0.3) is 0 Å². The van der Waals surface area contributed by atoms with Gasteiger partial charge in [-0.25, -0.2) is 0 Å². The van der Waals surface area contributed by atoms with Crippen molar-refractivity contribution in [3.8, 4) is 0 Å². The highest BCUT2D eigenvalue weighted by Crippen LogP contribution is 2.28. The summed E-state index contributed by atoms with van der Waals surface area (Å²) in [6.07, 6.45) is 4.06. The minimum atomic E-state index is -3.27. The second-order valence-corrected chi connectivity index (χ2v) is 8.40. The summed E-state index contributed by atoms with van der Waals surface area (Å²) in [5.41, 5.74) is 0. The smallest absolute Gasteiger partial charge is 0.282 e. The Bertz CT molecular complexity index is 411. The predicted molar refractivity (Wildman–Crippen MR) is 81.7 cm³/mol. The molecule has 1 N–H and O–H groups in total. The Labute approximate surface area is 123 Å². The van der Waals surface area contributed by atoms with E-state index in [0.29, 0.717) is 31.5 Å². The fourth-order valence-corrected chi connectivity index (χ4v) is 5.50. The summed E-state index contributed by atoms with van der Waals surface area (Å²) < 4.78 is 29.1. The fourth-order valence-electron chi connectivity index (χ4n) is 3.57. The molecule has 2 heterocycles. The van der Waals surface area contributed by atoms with Crippen molar-refractivity contribution in [3.05, 3.63) is 0 Å². The molecule has 20 heavy (non-hydrogen) atoms. The monoisotopic (exact) mass is 303 g/mol. The first-order valence-corrected chi connectivity index (χ1v) is 9.26. The van der Waals surface area contributed by atoms with Crippen LogP contribution in [0.4, 0.5) is 0 Å². The van der Waals surface area contributed by atoms with Crippen molar-refractivity contribution in [1.82, 2.24) is 13.9 Å². The Kier molecular flexibility index (Phi) is 5.45. The Morgan fingerprint density at radius 3 is 2.60 bits per heavy atom. The molecule has 0 radical (unpaired) electrons. The normalized spacial score (nSPS) is 34.2. The van der Waals surface area contributed by atoms with Crippen molar-refractivity contribution in [1.29, 1.82) is 0 Å². The number of nitrogens with one attached hydrogen (secondary N) is 1. The minimum absolute atomic E-state index is 0.133. The van der Waals surface area contributed by atoms with Crippen molar-refractivity contribution >= 4 is 10.2 Å². The zero-order chi connectivity index (χ0) is 14.8. The standard InChI is InChI=1S/C14H29N3O2S/c1-12-6-8-17(13(2)9-12)20(18,19)16-7-4-5-14(11-16)10-15-3/h12-15H,4-11H2,1-3H3. The van der Waals surface area contributed by atoms with E-state index >= 15 is 0 Å². The van der Waals surface area contributed by atoms with Crippen molar-refractivity contribution in [2.24, 2.45) is 11.8 Å². The fraction of sp³-hybridized carbons (Fsp3) is 1.00. The van der Waals surface area contributed by atoms with Gasteiger partial charge in [-0.2, -0.15) is 17.0 Å². The van der Waals surface area contributed by atoms with Gasteiger partial charge in [-0.05, 0) is 58.0 Å². The molecule has 6 heteroatoms. The Balaban J connectivity index is 2.05. The summed E-state index contributed by atoms with van der Waals surface area (Å²) in [5.74, 6) is 1.08. The molecular weight excluding hydrogens is 274 g/mol. The maximum atomic E-state index is 12.8. The molecule has 2 saturated heterocycles. The highest BCUT2D eigenvalue weighted by molar-refractivity contribution is 7.86. The van der Waals surface area contributed by atoms with Gasteiger partial charge in [0.25, 0.3) is 10.2 Å². The topological polar surface area (TPSA) is 52.7 Å². The third kappa shape index (κ3) is 3.53. The van der Waals surface area contributed by atoms with Gasteiger partial charge in [-0.1, -0.05) is 6.92 Å². The number of rotatable bonds is 4. The highest BCUT2D eigenvalue weighted by atomic mass is 32.2. The summed E-state index contributed by atoms with van der Waals surface area (Å²) in [6, 6.07) is 0.133. The Hall–Kier alpha value is -0.170. The molecule has 3 unspecified atom stereocenters. The molecule has 2 rings (SSSR count). The van der Waals surface area contributed by atoms with E-state index in [-0.39, 0.29) is 6.04 Å². The maximum Gasteiger partial charge on any atom is 0.282 e. The number of hydrogen-bond acceptors (Lipinski definition) is 3. The summed E-state index contributed by atoms with van der Waals surface area (Å²) in [5, 5.41) is 3.17. The molecule has 3 atom stereocenters. The number of hydrogen-bond donors (Lipinski definition) is 1. The van der Waals surface area contributed by atoms with E-state index in [4.69, 9.17) is 0 Å². The average Bonchev–Trinajstić information content (AvgIpc) is 2.39. The lowest BCUT2D eigenvalue weighted by atomic mass is 9.95. The van der Waals surface area contributed by atoms with Crippen molar-refractivity contribution in [2.45, 2.75) is 45.6 Å². The van der Waals surface area contributed by atoms with Gasteiger partial charge in [-0.15, -0.1) is 0 Å². The van der Waals surface area contributed by atoms with E-state index in [0.717, 1.165) is 32.2 Å². The van der Waals surface area contributed by atoms with Crippen molar-refractivity contribution < 1.29 is 8.42 Å². The first-order valence-electron chi connectivity index (χ1n) is 7.86. The van der Waals surface area contributed by atoms with Gasteiger partial charge in [0.05, 0.1) is 0 Å². The first kappa shape index (κ1) is 16.2. The molecule has 5 nitrogen and oxygen atoms in total. The summed E-state index contributed by atoms with van der Waals surface area (Å²) in [7, 11) is -1.34. The molecule has 2 aliphatic heterocycles. The lowest BCUT2D eigenvalue weighted by molar-refractivity contribution is 0.189. The molecule has 0 amide bonds. The van der Waals surface area contributed by atoms with Crippen LogP contribution in [-0.2, 0) is 10.2 Å². The quantitative estimate of drug-likeness (QED) is 0.851. The van der Waals surface area contributed by atoms with Gasteiger partial charge < -0.3 is 5.32 Å². The van der Waals surface area contributed by atoms with Crippen molar-refractivity contribution in [3.63, 3.8) is 0 Å². The molecule has 118 valence electrons. The van der Waals surface area contributed by atoms with E-state index in [1.165, 1.54) is 0 Å². The van der Waals surface area contributed by atoms with Crippen LogP contribution in [0.3, 0.4) is 0 Å². The van der Waals surface area contributed by atoms with Gasteiger partial charge in [0.1, 0.15) is 0 Å².